The standard InChI is InChI=1S/C18H20N2O2/c21-17(22)16-19-12-9-15(20-16)13-18(10-5-2-6-11-18)14-7-3-1-4-8-14/h1,3-4,7-9,12H,2,5-6,10-11,13H2,(H,21,22). The maximum atomic E-state index is 11.1. The Labute approximate surface area is 130 Å². The molecule has 0 bridgehead atoms. The van der Waals surface area contributed by atoms with Crippen LogP contribution in [0.2, 0.25) is 0 Å². The van der Waals surface area contributed by atoms with Gasteiger partial charge in [0.1, 0.15) is 0 Å². The van der Waals surface area contributed by atoms with Gasteiger partial charge in [-0.05, 0) is 30.9 Å². The molecule has 0 amide bonds. The molecule has 0 saturated heterocycles. The first-order chi connectivity index (χ1) is 10.7. The number of aromatic carboxylic acids is 1. The van der Waals surface area contributed by atoms with Crippen molar-refractivity contribution in [3.05, 3.63) is 59.7 Å². The molecule has 0 atom stereocenters. The zero-order valence-electron chi connectivity index (χ0n) is 12.5. The van der Waals surface area contributed by atoms with Crippen LogP contribution in [0.15, 0.2) is 42.6 Å². The van der Waals surface area contributed by atoms with Gasteiger partial charge in [0.25, 0.3) is 0 Å². The molecule has 1 heterocycles. The highest BCUT2D eigenvalue weighted by Gasteiger charge is 2.34. The molecule has 1 N–H and O–H groups in total. The minimum atomic E-state index is -1.07. The smallest absolute Gasteiger partial charge is 0.373 e. The van der Waals surface area contributed by atoms with Crippen molar-refractivity contribution in [1.29, 1.82) is 0 Å². The zero-order valence-corrected chi connectivity index (χ0v) is 12.5. The van der Waals surface area contributed by atoms with Gasteiger partial charge in [0, 0.05) is 17.3 Å². The first-order valence-corrected chi connectivity index (χ1v) is 7.80. The van der Waals surface area contributed by atoms with Crippen molar-refractivity contribution in [3.8, 4) is 0 Å². The number of rotatable bonds is 4. The summed E-state index contributed by atoms with van der Waals surface area (Å²) in [4.78, 5) is 19.1. The Hall–Kier alpha value is -2.23. The highest BCUT2D eigenvalue weighted by Crippen LogP contribution is 2.41. The number of hydrogen-bond donors (Lipinski definition) is 1. The van der Waals surface area contributed by atoms with E-state index >= 15 is 0 Å². The van der Waals surface area contributed by atoms with Gasteiger partial charge in [0.2, 0.25) is 5.82 Å². The number of hydrogen-bond acceptors (Lipinski definition) is 3. The molecule has 0 spiro atoms. The summed E-state index contributed by atoms with van der Waals surface area (Å²) in [7, 11) is 0. The van der Waals surface area contributed by atoms with Crippen molar-refractivity contribution in [1.82, 2.24) is 9.97 Å². The molecule has 1 saturated carbocycles. The van der Waals surface area contributed by atoms with E-state index in [1.165, 1.54) is 24.8 Å². The van der Waals surface area contributed by atoms with E-state index in [4.69, 9.17) is 5.11 Å². The molecule has 4 heteroatoms. The topological polar surface area (TPSA) is 63.1 Å². The average Bonchev–Trinajstić information content (AvgIpc) is 2.57. The van der Waals surface area contributed by atoms with E-state index in [9.17, 15) is 4.79 Å². The molecule has 1 aliphatic rings. The Kier molecular flexibility index (Phi) is 4.18. The summed E-state index contributed by atoms with van der Waals surface area (Å²) in [6.07, 6.45) is 8.29. The number of carboxylic acid groups (broad SMARTS) is 1. The lowest BCUT2D eigenvalue weighted by molar-refractivity contribution is 0.0683. The second kappa shape index (κ2) is 6.26. The predicted octanol–water partition coefficient (Wildman–Crippen LogP) is 3.62. The largest absolute Gasteiger partial charge is 0.475 e. The molecule has 2 aromatic rings. The summed E-state index contributed by atoms with van der Waals surface area (Å²) in [6, 6.07) is 12.4. The quantitative estimate of drug-likeness (QED) is 0.936. The zero-order chi connectivity index (χ0) is 15.4. The van der Waals surface area contributed by atoms with Crippen molar-refractivity contribution in [2.75, 3.05) is 0 Å². The normalized spacial score (nSPS) is 17.1. The molecule has 0 aliphatic heterocycles. The van der Waals surface area contributed by atoms with Crippen molar-refractivity contribution in [3.63, 3.8) is 0 Å². The molecule has 114 valence electrons. The van der Waals surface area contributed by atoms with Gasteiger partial charge in [0.15, 0.2) is 0 Å². The Morgan fingerprint density at radius 3 is 2.50 bits per heavy atom. The lowest BCUT2D eigenvalue weighted by Gasteiger charge is -2.38. The molecule has 1 aromatic heterocycles. The first kappa shape index (κ1) is 14.7. The van der Waals surface area contributed by atoms with Crippen molar-refractivity contribution >= 4 is 5.97 Å². The molecule has 0 unspecified atom stereocenters. The van der Waals surface area contributed by atoms with E-state index in [0.29, 0.717) is 0 Å². The number of aromatic nitrogens is 2. The van der Waals surface area contributed by atoms with E-state index in [2.05, 4.69) is 34.2 Å². The Morgan fingerprint density at radius 1 is 1.09 bits per heavy atom. The SMILES string of the molecule is O=C(O)c1nccc(CC2(c3ccccc3)CCCCC2)n1. The highest BCUT2D eigenvalue weighted by atomic mass is 16.4. The molecule has 1 fully saturated rings. The maximum Gasteiger partial charge on any atom is 0.373 e. The molecular weight excluding hydrogens is 276 g/mol. The monoisotopic (exact) mass is 296 g/mol. The number of carboxylic acids is 1. The number of carbonyl (C=O) groups is 1. The van der Waals surface area contributed by atoms with Crippen LogP contribution in [0, 0.1) is 0 Å². The van der Waals surface area contributed by atoms with Crippen molar-refractivity contribution in [2.45, 2.75) is 43.9 Å². The Morgan fingerprint density at radius 2 is 1.82 bits per heavy atom. The first-order valence-electron chi connectivity index (χ1n) is 7.80. The van der Waals surface area contributed by atoms with Crippen molar-refractivity contribution < 1.29 is 9.90 Å². The minimum Gasteiger partial charge on any atom is -0.475 e. The fraction of sp³-hybridized carbons (Fsp3) is 0.389. The van der Waals surface area contributed by atoms with E-state index in [0.717, 1.165) is 25.0 Å². The summed E-state index contributed by atoms with van der Waals surface area (Å²) in [6.45, 7) is 0. The van der Waals surface area contributed by atoms with Crippen LogP contribution in [0.4, 0.5) is 0 Å². The van der Waals surface area contributed by atoms with E-state index < -0.39 is 5.97 Å². The molecule has 0 radical (unpaired) electrons. The van der Waals surface area contributed by atoms with Gasteiger partial charge in [-0.15, -0.1) is 0 Å². The van der Waals surface area contributed by atoms with Gasteiger partial charge in [-0.1, -0.05) is 49.6 Å². The van der Waals surface area contributed by atoms with Crippen LogP contribution in [0.3, 0.4) is 0 Å². The van der Waals surface area contributed by atoms with Gasteiger partial charge in [-0.25, -0.2) is 14.8 Å². The average molecular weight is 296 g/mol. The van der Waals surface area contributed by atoms with E-state index in [-0.39, 0.29) is 11.2 Å². The number of nitrogens with zero attached hydrogens (tertiary/aromatic N) is 2. The van der Waals surface area contributed by atoms with Crippen LogP contribution in [0.1, 0.15) is 54.0 Å². The van der Waals surface area contributed by atoms with Crippen LogP contribution in [-0.2, 0) is 11.8 Å². The number of benzene rings is 1. The van der Waals surface area contributed by atoms with Crippen LogP contribution >= 0.6 is 0 Å². The summed E-state index contributed by atoms with van der Waals surface area (Å²) in [5, 5.41) is 9.07. The van der Waals surface area contributed by atoms with Crippen LogP contribution in [-0.4, -0.2) is 21.0 Å². The third-order valence-electron chi connectivity index (χ3n) is 4.62. The van der Waals surface area contributed by atoms with Gasteiger partial charge < -0.3 is 5.11 Å². The minimum absolute atomic E-state index is 0.0731. The van der Waals surface area contributed by atoms with Gasteiger partial charge >= 0.3 is 5.97 Å². The highest BCUT2D eigenvalue weighted by molar-refractivity contribution is 5.82. The molecule has 1 aromatic carbocycles. The fourth-order valence-electron chi connectivity index (χ4n) is 3.53. The summed E-state index contributed by atoms with van der Waals surface area (Å²) in [5.41, 5.74) is 2.23. The molecule has 3 rings (SSSR count). The lowest BCUT2D eigenvalue weighted by Crippen LogP contribution is -2.32. The summed E-state index contributed by atoms with van der Waals surface area (Å²) >= 11 is 0. The molecule has 22 heavy (non-hydrogen) atoms. The van der Waals surface area contributed by atoms with Crippen molar-refractivity contribution in [2.24, 2.45) is 0 Å². The fourth-order valence-corrected chi connectivity index (χ4v) is 3.53. The Bertz CT molecular complexity index is 649. The second-order valence-corrected chi connectivity index (χ2v) is 6.06. The van der Waals surface area contributed by atoms with Gasteiger partial charge in [-0.2, -0.15) is 0 Å². The third kappa shape index (κ3) is 3.01. The van der Waals surface area contributed by atoms with E-state index in [1.54, 1.807) is 6.20 Å². The van der Waals surface area contributed by atoms with Crippen LogP contribution in [0.5, 0.6) is 0 Å². The van der Waals surface area contributed by atoms with Crippen LogP contribution in [0.25, 0.3) is 0 Å². The van der Waals surface area contributed by atoms with E-state index in [1.807, 2.05) is 12.1 Å². The lowest BCUT2D eigenvalue weighted by atomic mass is 9.67. The van der Waals surface area contributed by atoms with Crippen LogP contribution < -0.4 is 0 Å². The molecular formula is C18H20N2O2. The molecule has 4 nitrogen and oxygen atoms in total. The maximum absolute atomic E-state index is 11.1. The summed E-state index contributed by atoms with van der Waals surface area (Å²) < 4.78 is 0. The predicted molar refractivity (Wildman–Crippen MR) is 83.9 cm³/mol. The second-order valence-electron chi connectivity index (χ2n) is 6.06. The van der Waals surface area contributed by atoms with Gasteiger partial charge in [0.05, 0.1) is 0 Å². The Balaban J connectivity index is 1.94. The van der Waals surface area contributed by atoms with Gasteiger partial charge in [-0.3, -0.25) is 0 Å². The summed E-state index contributed by atoms with van der Waals surface area (Å²) in [5.74, 6) is -1.18. The third-order valence-corrected chi connectivity index (χ3v) is 4.62. The molecule has 1 aliphatic carbocycles.